The maximum Gasteiger partial charge on any atom is 0.0355 e. The molecule has 32 heavy (non-hydrogen) atoms. The highest BCUT2D eigenvalue weighted by atomic mass is 32.1. The van der Waals surface area contributed by atoms with Crippen molar-refractivity contribution in [2.45, 2.75) is 0 Å². The SMILES string of the molecule is c1ccc(-c2ccc3sc4ccccc4c3c2)c(-c2ccc3sc4ccccc4c3c2)c1. The molecular weight excluding hydrogens is 424 g/mol. The van der Waals surface area contributed by atoms with Gasteiger partial charge in [-0.15, -0.1) is 22.7 Å². The zero-order valence-electron chi connectivity index (χ0n) is 17.2. The van der Waals surface area contributed by atoms with Gasteiger partial charge in [0.05, 0.1) is 0 Å². The molecule has 0 N–H and O–H groups in total. The molecule has 0 bridgehead atoms. The van der Waals surface area contributed by atoms with Gasteiger partial charge in [0.25, 0.3) is 0 Å². The zero-order chi connectivity index (χ0) is 21.1. The predicted octanol–water partition coefficient (Wildman–Crippen LogP) is 9.76. The van der Waals surface area contributed by atoms with Crippen LogP contribution in [0.25, 0.3) is 62.6 Å². The van der Waals surface area contributed by atoms with E-state index in [9.17, 15) is 0 Å². The molecular formula is C30H18S2. The van der Waals surface area contributed by atoms with Gasteiger partial charge in [-0.05, 0) is 58.7 Å². The summed E-state index contributed by atoms with van der Waals surface area (Å²) in [5, 5.41) is 5.38. The monoisotopic (exact) mass is 442 g/mol. The number of hydrogen-bond acceptors (Lipinski definition) is 2. The highest BCUT2D eigenvalue weighted by molar-refractivity contribution is 7.26. The van der Waals surface area contributed by atoms with E-state index in [0.717, 1.165) is 0 Å². The Hall–Kier alpha value is -3.46. The third kappa shape index (κ3) is 2.74. The van der Waals surface area contributed by atoms with E-state index in [1.165, 1.54) is 62.6 Å². The van der Waals surface area contributed by atoms with Crippen molar-refractivity contribution in [3.05, 3.63) is 109 Å². The maximum atomic E-state index is 2.37. The van der Waals surface area contributed by atoms with Crippen molar-refractivity contribution in [2.24, 2.45) is 0 Å². The van der Waals surface area contributed by atoms with Crippen LogP contribution in [-0.2, 0) is 0 Å². The maximum absolute atomic E-state index is 2.37. The van der Waals surface area contributed by atoms with E-state index >= 15 is 0 Å². The van der Waals surface area contributed by atoms with E-state index in [4.69, 9.17) is 0 Å². The van der Waals surface area contributed by atoms with Crippen LogP contribution in [0.2, 0.25) is 0 Å². The van der Waals surface area contributed by atoms with Gasteiger partial charge in [0.15, 0.2) is 0 Å². The molecule has 0 aliphatic carbocycles. The van der Waals surface area contributed by atoms with Gasteiger partial charge < -0.3 is 0 Å². The molecule has 2 heteroatoms. The van der Waals surface area contributed by atoms with Crippen LogP contribution in [0.3, 0.4) is 0 Å². The van der Waals surface area contributed by atoms with Gasteiger partial charge in [-0.25, -0.2) is 0 Å². The second-order valence-electron chi connectivity index (χ2n) is 8.16. The fourth-order valence-corrected chi connectivity index (χ4v) is 6.95. The van der Waals surface area contributed by atoms with Crippen LogP contribution in [0.4, 0.5) is 0 Å². The van der Waals surface area contributed by atoms with Crippen molar-refractivity contribution in [1.82, 2.24) is 0 Å². The standard InChI is InChI=1S/C30H18S2/c1-2-8-22(20-14-16-30-26(18-20)24-10-4-6-12-28(24)32-30)21(7-1)19-13-15-29-25(17-19)23-9-3-5-11-27(23)31-29/h1-18H. The van der Waals surface area contributed by atoms with Gasteiger partial charge in [-0.2, -0.15) is 0 Å². The predicted molar refractivity (Wildman–Crippen MR) is 143 cm³/mol. The lowest BCUT2D eigenvalue weighted by Crippen LogP contribution is -1.85. The van der Waals surface area contributed by atoms with E-state index < -0.39 is 0 Å². The minimum Gasteiger partial charge on any atom is -0.135 e. The van der Waals surface area contributed by atoms with Crippen molar-refractivity contribution in [1.29, 1.82) is 0 Å². The van der Waals surface area contributed by atoms with E-state index in [1.807, 2.05) is 22.7 Å². The number of thiophene rings is 2. The minimum atomic E-state index is 1.27. The van der Waals surface area contributed by atoms with Crippen LogP contribution >= 0.6 is 22.7 Å². The van der Waals surface area contributed by atoms with Gasteiger partial charge in [-0.3, -0.25) is 0 Å². The molecule has 7 rings (SSSR count). The summed E-state index contributed by atoms with van der Waals surface area (Å²) in [6.45, 7) is 0. The molecule has 0 atom stereocenters. The summed E-state index contributed by atoms with van der Waals surface area (Å²) < 4.78 is 5.39. The molecule has 0 amide bonds. The Kier molecular flexibility index (Phi) is 3.98. The zero-order valence-corrected chi connectivity index (χ0v) is 18.8. The fourth-order valence-electron chi connectivity index (χ4n) is 4.77. The van der Waals surface area contributed by atoms with E-state index in [1.54, 1.807) is 0 Å². The smallest absolute Gasteiger partial charge is 0.0355 e. The molecule has 0 spiro atoms. The Morgan fingerprint density at radius 3 is 1.25 bits per heavy atom. The number of hydrogen-bond donors (Lipinski definition) is 0. The van der Waals surface area contributed by atoms with Gasteiger partial charge in [0.2, 0.25) is 0 Å². The van der Waals surface area contributed by atoms with Crippen LogP contribution in [-0.4, -0.2) is 0 Å². The second kappa shape index (κ2) is 7.03. The molecule has 150 valence electrons. The Morgan fingerprint density at radius 1 is 0.344 bits per heavy atom. The van der Waals surface area contributed by atoms with Crippen LogP contribution in [0.1, 0.15) is 0 Å². The first-order valence-electron chi connectivity index (χ1n) is 10.8. The summed E-state index contributed by atoms with van der Waals surface area (Å²) >= 11 is 3.74. The molecule has 2 heterocycles. The largest absolute Gasteiger partial charge is 0.135 e. The molecule has 0 radical (unpaired) electrons. The lowest BCUT2D eigenvalue weighted by Gasteiger charge is -2.11. The summed E-state index contributed by atoms with van der Waals surface area (Å²) in [5.74, 6) is 0. The van der Waals surface area contributed by atoms with Crippen LogP contribution in [0.5, 0.6) is 0 Å². The van der Waals surface area contributed by atoms with Gasteiger partial charge >= 0.3 is 0 Å². The van der Waals surface area contributed by atoms with Crippen LogP contribution in [0, 0.1) is 0 Å². The Bertz CT molecular complexity index is 1650. The molecule has 0 saturated heterocycles. The van der Waals surface area contributed by atoms with Crippen molar-refractivity contribution >= 4 is 63.0 Å². The normalized spacial score (nSPS) is 11.8. The molecule has 0 nitrogen and oxygen atoms in total. The van der Waals surface area contributed by atoms with Crippen molar-refractivity contribution < 1.29 is 0 Å². The minimum absolute atomic E-state index is 1.27. The van der Waals surface area contributed by atoms with Gasteiger partial charge in [-0.1, -0.05) is 72.8 Å². The van der Waals surface area contributed by atoms with Crippen molar-refractivity contribution in [2.75, 3.05) is 0 Å². The third-order valence-corrected chi connectivity index (χ3v) is 8.61. The first kappa shape index (κ1) is 18.1. The first-order valence-corrected chi connectivity index (χ1v) is 12.4. The molecule has 5 aromatic carbocycles. The third-order valence-electron chi connectivity index (χ3n) is 6.30. The summed E-state index contributed by atoms with van der Waals surface area (Å²) in [4.78, 5) is 0. The van der Waals surface area contributed by atoms with Crippen molar-refractivity contribution in [3.63, 3.8) is 0 Å². The molecule has 0 saturated carbocycles. The number of benzene rings is 5. The summed E-state index contributed by atoms with van der Waals surface area (Å²) in [7, 11) is 0. The average Bonchev–Trinajstić information content (AvgIpc) is 3.41. The summed E-state index contributed by atoms with van der Waals surface area (Å²) in [6, 6.07) is 40.1. The van der Waals surface area contributed by atoms with Crippen LogP contribution in [0.15, 0.2) is 109 Å². The molecule has 7 aromatic rings. The number of fused-ring (bicyclic) bond motifs is 6. The summed E-state index contributed by atoms with van der Waals surface area (Å²) in [6.07, 6.45) is 0. The lowest BCUT2D eigenvalue weighted by atomic mass is 9.93. The molecule has 0 fully saturated rings. The average molecular weight is 443 g/mol. The van der Waals surface area contributed by atoms with E-state index in [2.05, 4.69) is 109 Å². The van der Waals surface area contributed by atoms with Gasteiger partial charge in [0.1, 0.15) is 0 Å². The van der Waals surface area contributed by atoms with E-state index in [0.29, 0.717) is 0 Å². The lowest BCUT2D eigenvalue weighted by molar-refractivity contribution is 1.62. The Morgan fingerprint density at radius 2 is 0.750 bits per heavy atom. The van der Waals surface area contributed by atoms with Crippen molar-refractivity contribution in [3.8, 4) is 22.3 Å². The highest BCUT2D eigenvalue weighted by Crippen LogP contribution is 2.41. The quantitative estimate of drug-likeness (QED) is 0.250. The molecule has 0 unspecified atom stereocenters. The highest BCUT2D eigenvalue weighted by Gasteiger charge is 2.12. The van der Waals surface area contributed by atoms with Crippen LogP contribution < -0.4 is 0 Å². The first-order chi connectivity index (χ1) is 15.8. The van der Waals surface area contributed by atoms with E-state index in [-0.39, 0.29) is 0 Å². The fraction of sp³-hybridized carbons (Fsp3) is 0. The second-order valence-corrected chi connectivity index (χ2v) is 10.3. The molecule has 2 aromatic heterocycles. The molecule has 0 aliphatic rings. The Labute approximate surface area is 194 Å². The topological polar surface area (TPSA) is 0 Å². The van der Waals surface area contributed by atoms with Gasteiger partial charge in [0, 0.05) is 40.3 Å². The summed E-state index contributed by atoms with van der Waals surface area (Å²) in [5.41, 5.74) is 5.10. The number of rotatable bonds is 2. The Balaban J connectivity index is 1.45. The molecule has 0 aliphatic heterocycles.